The molecule has 1 atom stereocenters. The first kappa shape index (κ1) is 65.3. The van der Waals surface area contributed by atoms with Crippen LogP contribution >= 0.6 is 0 Å². The van der Waals surface area contributed by atoms with Crippen molar-refractivity contribution in [2.24, 2.45) is 5.73 Å². The molecular formula is C46H92N6O16. The number of carboxylic acid groups (broad SMARTS) is 4. The fourth-order valence-corrected chi connectivity index (χ4v) is 10.6. The average Bonchev–Trinajstić information content (AvgIpc) is 3.08. The average molecular weight is 985 g/mol. The fraction of sp³-hybridized carbons (Fsp3) is 0.913. The van der Waals surface area contributed by atoms with Crippen LogP contribution in [0.15, 0.2) is 0 Å². The number of aliphatic hydroxyl groups excluding tert-OH is 4. The van der Waals surface area contributed by atoms with Gasteiger partial charge in [0.15, 0.2) is 0 Å². The third-order valence-corrected chi connectivity index (χ3v) is 13.1. The lowest BCUT2D eigenvalue weighted by Crippen LogP contribution is -2.61. The summed E-state index contributed by atoms with van der Waals surface area (Å²) in [5, 5.41) is 120. The Morgan fingerprint density at radius 2 is 0.632 bits per heavy atom. The molecule has 0 aromatic heterocycles. The lowest BCUT2D eigenvalue weighted by Gasteiger charge is -2.50. The molecule has 0 aromatic rings. The molecule has 4 saturated heterocycles. The Morgan fingerprint density at radius 3 is 0.779 bits per heavy atom. The van der Waals surface area contributed by atoms with Crippen molar-refractivity contribution in [3.8, 4) is 0 Å². The number of aliphatic hydroxyl groups is 4. The molecule has 4 heterocycles. The minimum Gasteiger partial charge on any atom is -0.481 e. The second-order valence-electron chi connectivity index (χ2n) is 24.2. The van der Waals surface area contributed by atoms with Crippen LogP contribution in [0.2, 0.25) is 0 Å². The van der Waals surface area contributed by atoms with Crippen LogP contribution in [-0.2, 0) is 19.2 Å². The number of piperidine rings is 4. The zero-order valence-corrected chi connectivity index (χ0v) is 43.7. The van der Waals surface area contributed by atoms with Crippen LogP contribution in [0.1, 0.15) is 181 Å². The van der Waals surface area contributed by atoms with E-state index in [0.717, 1.165) is 0 Å². The summed E-state index contributed by atoms with van der Waals surface area (Å²) in [6.45, 7) is 30.3. The summed E-state index contributed by atoms with van der Waals surface area (Å²) in [6, 6.07) is -1.38. The summed E-state index contributed by atoms with van der Waals surface area (Å²) in [7, 11) is 0. The van der Waals surface area contributed by atoms with Crippen molar-refractivity contribution in [1.29, 1.82) is 0 Å². The number of rotatable bonds is 10. The van der Waals surface area contributed by atoms with Gasteiger partial charge in [-0.25, -0.2) is 0 Å². The number of hydrogen-bond acceptors (Lipinski definition) is 18. The van der Waals surface area contributed by atoms with Crippen LogP contribution in [0.5, 0.6) is 0 Å². The highest BCUT2D eigenvalue weighted by Crippen LogP contribution is 2.39. The lowest BCUT2D eigenvalue weighted by atomic mass is 9.80. The first-order valence-corrected chi connectivity index (χ1v) is 23.2. The van der Waals surface area contributed by atoms with Crippen molar-refractivity contribution >= 4 is 23.9 Å². The maximum Gasteiger partial charge on any atom is 0.317 e. The van der Waals surface area contributed by atoms with Gasteiger partial charge in [-0.2, -0.15) is 20.3 Å². The number of hydrogen-bond donors (Lipinski definition) is 14. The lowest BCUT2D eigenvalue weighted by molar-refractivity contribution is -0.257. The topological polar surface area (TPSA) is 362 Å². The van der Waals surface area contributed by atoms with Gasteiger partial charge < -0.3 is 67.4 Å². The van der Waals surface area contributed by atoms with Gasteiger partial charge in [-0.3, -0.25) is 24.5 Å². The number of nitrogens with two attached hydrogens (primary N) is 1. The van der Waals surface area contributed by atoms with Crippen LogP contribution < -0.4 is 11.1 Å². The molecule has 22 nitrogen and oxygen atoms in total. The molecule has 0 spiro atoms. The molecule has 0 aliphatic carbocycles. The smallest absolute Gasteiger partial charge is 0.317 e. The Kier molecular flexibility index (Phi) is 23.2. The van der Waals surface area contributed by atoms with Crippen molar-refractivity contribution < 1.29 is 80.9 Å². The number of carboxylic acids is 4. The van der Waals surface area contributed by atoms with Crippen LogP contribution in [0.4, 0.5) is 0 Å². The van der Waals surface area contributed by atoms with Gasteiger partial charge in [0.05, 0.1) is 55.8 Å². The Morgan fingerprint density at radius 1 is 0.441 bits per heavy atom. The highest BCUT2D eigenvalue weighted by molar-refractivity contribution is 5.75. The van der Waals surface area contributed by atoms with Gasteiger partial charge in [0, 0.05) is 50.4 Å². The van der Waals surface area contributed by atoms with E-state index in [9.17, 15) is 60.4 Å². The fourth-order valence-electron chi connectivity index (χ4n) is 10.6. The summed E-state index contributed by atoms with van der Waals surface area (Å²) >= 11 is 0. The summed E-state index contributed by atoms with van der Waals surface area (Å²) in [6.07, 6.45) is 1.54. The molecule has 4 aliphatic rings. The molecular weight excluding hydrogens is 893 g/mol. The van der Waals surface area contributed by atoms with Gasteiger partial charge in [-0.1, -0.05) is 0 Å². The Balaban J connectivity index is 0.000000839. The van der Waals surface area contributed by atoms with Gasteiger partial charge in [0.25, 0.3) is 0 Å². The molecule has 0 bridgehead atoms. The predicted octanol–water partition coefficient (Wildman–Crippen LogP) is 3.71. The largest absolute Gasteiger partial charge is 0.481 e. The number of aliphatic carboxylic acids is 4. The van der Waals surface area contributed by atoms with Gasteiger partial charge >= 0.3 is 23.9 Å². The molecule has 4 rings (SSSR count). The van der Waals surface area contributed by atoms with Crippen molar-refractivity contribution in [1.82, 2.24) is 25.6 Å². The molecule has 15 N–H and O–H groups in total. The van der Waals surface area contributed by atoms with Gasteiger partial charge in [0.1, 0.15) is 0 Å². The van der Waals surface area contributed by atoms with Gasteiger partial charge in [-0.15, -0.1) is 0 Å². The minimum absolute atomic E-state index is 0.293. The molecule has 402 valence electrons. The van der Waals surface area contributed by atoms with E-state index in [1.54, 1.807) is 0 Å². The van der Waals surface area contributed by atoms with Crippen LogP contribution in [0.3, 0.4) is 0 Å². The standard InChI is InChI=1S/C10H16N2O8.4C9H19NO2/c11-5(1-6(13)14)10(2-7(15)16,3-8(17)18)12-4-9(19)20;4*1-8(2)5-7(11)6-9(3,4)10(8)12/h5,12H,1-4,11H2,(H,13,14)(H,15,16)(H,17,18)(H,19,20);4*7,11-12H,5-6H2,1-4H3. The van der Waals surface area contributed by atoms with E-state index in [-0.39, 0.29) is 68.7 Å². The summed E-state index contributed by atoms with van der Waals surface area (Å²) < 4.78 is 0. The van der Waals surface area contributed by atoms with Crippen LogP contribution in [-0.4, -0.2) is 193 Å². The van der Waals surface area contributed by atoms with E-state index in [1.807, 2.05) is 111 Å². The zero-order chi connectivity index (χ0) is 54.2. The molecule has 0 amide bonds. The van der Waals surface area contributed by atoms with Crippen molar-refractivity contribution in [2.45, 2.75) is 262 Å². The Hall–Kier alpha value is -2.68. The maximum absolute atomic E-state index is 10.8. The third kappa shape index (κ3) is 19.8. The quantitative estimate of drug-likeness (QED) is 0.148. The zero-order valence-electron chi connectivity index (χ0n) is 43.7. The minimum atomic E-state index is -1.87. The molecule has 0 saturated carbocycles. The molecule has 1 unspecified atom stereocenters. The van der Waals surface area contributed by atoms with E-state index in [2.05, 4.69) is 5.32 Å². The van der Waals surface area contributed by atoms with E-state index >= 15 is 0 Å². The van der Waals surface area contributed by atoms with Gasteiger partial charge in [0.2, 0.25) is 0 Å². The molecule has 4 aliphatic heterocycles. The van der Waals surface area contributed by atoms with E-state index < -0.39 is 61.3 Å². The molecule has 0 aromatic carbocycles. The molecule has 4 fully saturated rings. The second kappa shape index (κ2) is 24.2. The normalized spacial score (nSPS) is 25.2. The molecule has 22 heteroatoms. The van der Waals surface area contributed by atoms with Gasteiger partial charge in [-0.05, 0) is 162 Å². The molecule has 0 radical (unpaired) electrons. The maximum atomic E-state index is 10.8. The van der Waals surface area contributed by atoms with Crippen molar-refractivity contribution in [3.05, 3.63) is 0 Å². The SMILES string of the molecule is CC1(C)CC(O)CC(C)(C)N1O.CC1(C)CC(O)CC(C)(C)N1O.CC1(C)CC(O)CC(C)(C)N1O.CC1(C)CC(O)CC(C)(C)N1O.NC(CC(=O)O)C(CC(=O)O)(CC(=O)O)NCC(=O)O. The highest BCUT2D eigenvalue weighted by atomic mass is 16.5. The second-order valence-corrected chi connectivity index (χ2v) is 24.2. The predicted molar refractivity (Wildman–Crippen MR) is 251 cm³/mol. The highest BCUT2D eigenvalue weighted by Gasteiger charge is 2.48. The van der Waals surface area contributed by atoms with E-state index in [1.165, 1.54) is 20.3 Å². The monoisotopic (exact) mass is 985 g/mol. The number of nitrogens with one attached hydrogen (secondary N) is 1. The summed E-state index contributed by atoms with van der Waals surface area (Å²) in [4.78, 5) is 42.9. The number of carbonyl (C=O) groups is 4. The van der Waals surface area contributed by atoms with Crippen LogP contribution in [0.25, 0.3) is 0 Å². The van der Waals surface area contributed by atoms with E-state index in [4.69, 9.17) is 26.2 Å². The Labute approximate surface area is 403 Å². The number of hydroxylamine groups is 8. The molecule has 68 heavy (non-hydrogen) atoms. The first-order chi connectivity index (χ1) is 30.1. The van der Waals surface area contributed by atoms with Crippen LogP contribution in [0, 0.1) is 0 Å². The number of nitrogens with zero attached hydrogens (tertiary/aromatic N) is 4. The summed E-state index contributed by atoms with van der Waals surface area (Å²) in [5.41, 5.74) is 1.16. The third-order valence-electron chi connectivity index (χ3n) is 13.1. The Bertz CT molecular complexity index is 1410. The first-order valence-electron chi connectivity index (χ1n) is 23.2. The summed E-state index contributed by atoms with van der Waals surface area (Å²) in [5.74, 6) is -5.56. The van der Waals surface area contributed by atoms with E-state index in [0.29, 0.717) is 51.4 Å². The van der Waals surface area contributed by atoms with Crippen molar-refractivity contribution in [2.75, 3.05) is 6.54 Å². The van der Waals surface area contributed by atoms with Crippen molar-refractivity contribution in [3.63, 3.8) is 0 Å².